The average molecular weight is 435 g/mol. The van der Waals surface area contributed by atoms with E-state index in [1.54, 1.807) is 0 Å². The Hall–Kier alpha value is -3.43. The van der Waals surface area contributed by atoms with Crippen LogP contribution in [0.15, 0.2) is 97.1 Å². The first-order chi connectivity index (χ1) is 16.2. The molecule has 3 heteroatoms. The molecule has 3 nitrogen and oxygen atoms in total. The summed E-state index contributed by atoms with van der Waals surface area (Å²) in [5, 5.41) is 5.66. The van der Waals surface area contributed by atoms with Crippen LogP contribution in [0.4, 0.5) is 0 Å². The van der Waals surface area contributed by atoms with Crippen molar-refractivity contribution < 1.29 is 4.79 Å². The number of hydrogen-bond acceptors (Lipinski definition) is 2. The summed E-state index contributed by atoms with van der Waals surface area (Å²) in [5.74, 6) is 0.0767. The molecule has 0 radical (unpaired) electrons. The molecule has 33 heavy (non-hydrogen) atoms. The second-order valence-corrected chi connectivity index (χ2v) is 8.98. The Morgan fingerprint density at radius 3 is 2.52 bits per heavy atom. The highest BCUT2D eigenvalue weighted by atomic mass is 16.2. The van der Waals surface area contributed by atoms with Crippen LogP contribution in [0.5, 0.6) is 0 Å². The zero-order chi connectivity index (χ0) is 22.6. The van der Waals surface area contributed by atoms with Crippen LogP contribution in [0, 0.1) is 0 Å². The Balaban J connectivity index is 1.34. The number of fused-ring (bicyclic) bond motifs is 2. The van der Waals surface area contributed by atoms with Gasteiger partial charge in [-0.25, -0.2) is 0 Å². The summed E-state index contributed by atoms with van der Waals surface area (Å²) >= 11 is 0. The van der Waals surface area contributed by atoms with Crippen molar-refractivity contribution in [3.05, 3.63) is 119 Å². The lowest BCUT2D eigenvalue weighted by atomic mass is 9.88. The highest BCUT2D eigenvalue weighted by Gasteiger charge is 2.29. The molecule has 0 unspecified atom stereocenters. The van der Waals surface area contributed by atoms with Gasteiger partial charge in [0.15, 0.2) is 0 Å². The van der Waals surface area contributed by atoms with Crippen molar-refractivity contribution in [3.8, 4) is 0 Å². The van der Waals surface area contributed by atoms with Gasteiger partial charge in [-0.05, 0) is 52.8 Å². The summed E-state index contributed by atoms with van der Waals surface area (Å²) in [7, 11) is 0. The van der Waals surface area contributed by atoms with Gasteiger partial charge >= 0.3 is 0 Å². The molecule has 2 atom stereocenters. The third kappa shape index (κ3) is 4.69. The first-order valence-corrected chi connectivity index (χ1v) is 11.8. The van der Waals surface area contributed by atoms with E-state index in [4.69, 9.17) is 0 Å². The van der Waals surface area contributed by atoms with Gasteiger partial charge in [0.05, 0.1) is 12.6 Å². The average Bonchev–Trinajstić information content (AvgIpc) is 2.85. The molecular weight excluding hydrogens is 404 g/mol. The number of nitrogens with zero attached hydrogens (tertiary/aromatic N) is 1. The first kappa shape index (κ1) is 21.4. The minimum atomic E-state index is -0.0479. The Labute approximate surface area is 196 Å². The Morgan fingerprint density at radius 2 is 1.64 bits per heavy atom. The number of nitrogens with one attached hydrogen (secondary N) is 1. The predicted molar refractivity (Wildman–Crippen MR) is 135 cm³/mol. The van der Waals surface area contributed by atoms with Crippen molar-refractivity contribution >= 4 is 16.7 Å². The van der Waals surface area contributed by atoms with Gasteiger partial charge in [0.1, 0.15) is 0 Å². The van der Waals surface area contributed by atoms with Gasteiger partial charge in [0, 0.05) is 12.6 Å². The fourth-order valence-corrected chi connectivity index (χ4v) is 5.15. The Kier molecular flexibility index (Phi) is 6.23. The van der Waals surface area contributed by atoms with Crippen molar-refractivity contribution in [2.24, 2.45) is 0 Å². The minimum Gasteiger partial charge on any atom is -0.348 e. The molecule has 1 amide bonds. The molecule has 0 bridgehead atoms. The topological polar surface area (TPSA) is 32.3 Å². The van der Waals surface area contributed by atoms with Crippen LogP contribution >= 0.6 is 0 Å². The molecule has 1 aliphatic heterocycles. The molecule has 0 saturated heterocycles. The molecule has 0 aliphatic carbocycles. The lowest BCUT2D eigenvalue weighted by Crippen LogP contribution is -2.43. The normalized spacial score (nSPS) is 16.8. The van der Waals surface area contributed by atoms with E-state index in [0.717, 1.165) is 24.9 Å². The fourth-order valence-electron chi connectivity index (χ4n) is 5.15. The van der Waals surface area contributed by atoms with E-state index >= 15 is 0 Å². The van der Waals surface area contributed by atoms with Crippen molar-refractivity contribution in [2.45, 2.75) is 31.8 Å². The zero-order valence-electron chi connectivity index (χ0n) is 19.1. The number of carbonyl (C=O) groups excluding carboxylic acids is 1. The number of amides is 1. The van der Waals surface area contributed by atoms with Gasteiger partial charge in [-0.1, -0.05) is 97.1 Å². The van der Waals surface area contributed by atoms with E-state index in [1.807, 2.05) is 0 Å². The monoisotopic (exact) mass is 434 g/mol. The van der Waals surface area contributed by atoms with Gasteiger partial charge in [0.2, 0.25) is 5.91 Å². The van der Waals surface area contributed by atoms with Gasteiger partial charge in [0.25, 0.3) is 0 Å². The minimum absolute atomic E-state index is 0.0479. The molecule has 0 spiro atoms. The maximum Gasteiger partial charge on any atom is 0.234 e. The molecule has 5 rings (SSSR count). The van der Waals surface area contributed by atoms with Gasteiger partial charge in [-0.15, -0.1) is 0 Å². The summed E-state index contributed by atoms with van der Waals surface area (Å²) in [5.41, 5.74) is 5.21. The van der Waals surface area contributed by atoms with Gasteiger partial charge in [-0.2, -0.15) is 0 Å². The van der Waals surface area contributed by atoms with Crippen LogP contribution in [0.3, 0.4) is 0 Å². The summed E-state index contributed by atoms with van der Waals surface area (Å²) in [6, 6.07) is 34.1. The number of rotatable bonds is 6. The standard InChI is InChI=1S/C30H30N2O/c1-22(26-17-9-14-24-12-5-7-15-27(24)26)31-30(33)21-32-19-18-25-13-6-8-16-28(25)29(32)20-23-10-3-2-4-11-23/h2-17,22,29H,18-21H2,1H3,(H,31,33)/t22-,29+/m0/s1. The molecular formula is C30H30N2O. The van der Waals surface area contributed by atoms with Crippen LogP contribution in [-0.2, 0) is 17.6 Å². The molecule has 1 N–H and O–H groups in total. The number of benzene rings is 4. The highest BCUT2D eigenvalue weighted by molar-refractivity contribution is 5.87. The van der Waals surface area contributed by atoms with Crippen LogP contribution in [0.25, 0.3) is 10.8 Å². The molecule has 4 aromatic carbocycles. The van der Waals surface area contributed by atoms with Crippen LogP contribution in [0.1, 0.15) is 41.3 Å². The smallest absolute Gasteiger partial charge is 0.234 e. The Morgan fingerprint density at radius 1 is 0.909 bits per heavy atom. The van der Waals surface area contributed by atoms with Crippen molar-refractivity contribution in [1.29, 1.82) is 0 Å². The molecule has 0 fully saturated rings. The zero-order valence-corrected chi connectivity index (χ0v) is 19.1. The van der Waals surface area contributed by atoms with E-state index in [2.05, 4.69) is 114 Å². The summed E-state index contributed by atoms with van der Waals surface area (Å²) in [6.07, 6.45) is 1.89. The van der Waals surface area contributed by atoms with Crippen molar-refractivity contribution in [2.75, 3.05) is 13.1 Å². The van der Waals surface area contributed by atoms with E-state index in [9.17, 15) is 4.79 Å². The maximum atomic E-state index is 13.2. The summed E-state index contributed by atoms with van der Waals surface area (Å²) in [6.45, 7) is 3.37. The molecule has 166 valence electrons. The predicted octanol–water partition coefficient (Wildman–Crippen LogP) is 5.86. The summed E-state index contributed by atoms with van der Waals surface area (Å²) < 4.78 is 0. The quantitative estimate of drug-likeness (QED) is 0.412. The molecule has 0 saturated carbocycles. The lowest BCUT2D eigenvalue weighted by molar-refractivity contribution is -0.123. The summed E-state index contributed by atoms with van der Waals surface area (Å²) in [4.78, 5) is 15.5. The number of hydrogen-bond donors (Lipinski definition) is 1. The molecule has 4 aromatic rings. The second kappa shape index (κ2) is 9.60. The largest absolute Gasteiger partial charge is 0.348 e. The van der Waals surface area contributed by atoms with Crippen LogP contribution < -0.4 is 5.32 Å². The van der Waals surface area contributed by atoms with Gasteiger partial charge in [-0.3, -0.25) is 9.69 Å². The third-order valence-corrected chi connectivity index (χ3v) is 6.81. The first-order valence-electron chi connectivity index (χ1n) is 11.8. The maximum absolute atomic E-state index is 13.2. The second-order valence-electron chi connectivity index (χ2n) is 8.98. The van der Waals surface area contributed by atoms with Crippen LogP contribution in [-0.4, -0.2) is 23.9 Å². The van der Waals surface area contributed by atoms with E-state index < -0.39 is 0 Å². The molecule has 0 aromatic heterocycles. The van der Waals surface area contributed by atoms with Crippen molar-refractivity contribution in [1.82, 2.24) is 10.2 Å². The number of carbonyl (C=O) groups is 1. The SMILES string of the molecule is C[C@H](NC(=O)CN1CCc2ccccc2[C@H]1Cc1ccccc1)c1cccc2ccccc12. The van der Waals surface area contributed by atoms with E-state index in [-0.39, 0.29) is 18.0 Å². The highest BCUT2D eigenvalue weighted by Crippen LogP contribution is 2.32. The fraction of sp³-hybridized carbons (Fsp3) is 0.233. The van der Waals surface area contributed by atoms with Gasteiger partial charge < -0.3 is 5.32 Å². The Bertz CT molecular complexity index is 1250. The molecule has 1 heterocycles. The van der Waals surface area contributed by atoms with Crippen LogP contribution in [0.2, 0.25) is 0 Å². The van der Waals surface area contributed by atoms with Crippen molar-refractivity contribution in [3.63, 3.8) is 0 Å². The molecule has 1 aliphatic rings. The van der Waals surface area contributed by atoms with E-state index in [0.29, 0.717) is 6.54 Å². The third-order valence-electron chi connectivity index (χ3n) is 6.81. The van der Waals surface area contributed by atoms with E-state index in [1.165, 1.54) is 27.5 Å². The lowest BCUT2D eigenvalue weighted by Gasteiger charge is -2.37.